The molecule has 6 heteroatoms. The van der Waals surface area contributed by atoms with E-state index in [1.54, 1.807) is 12.1 Å². The minimum absolute atomic E-state index is 0.0377. The Morgan fingerprint density at radius 3 is 2.09 bits per heavy atom. The van der Waals surface area contributed by atoms with E-state index in [1.165, 1.54) is 12.1 Å². The fourth-order valence-electron chi connectivity index (χ4n) is 4.38. The first kappa shape index (κ1) is 22.8. The maximum atomic E-state index is 13.6. The zero-order valence-corrected chi connectivity index (χ0v) is 19.5. The molecule has 1 fully saturated rings. The van der Waals surface area contributed by atoms with Gasteiger partial charge < -0.3 is 14.4 Å². The lowest BCUT2D eigenvalue weighted by Crippen LogP contribution is -2.50. The summed E-state index contributed by atoms with van der Waals surface area (Å²) in [6.45, 7) is 8.15. The monoisotopic (exact) mass is 447 g/mol. The first-order valence-electron chi connectivity index (χ1n) is 11.5. The molecule has 1 aliphatic rings. The van der Waals surface area contributed by atoms with Gasteiger partial charge in [0, 0.05) is 44.0 Å². The Bertz CT molecular complexity index is 1140. The molecule has 172 valence electrons. The van der Waals surface area contributed by atoms with Gasteiger partial charge in [0.25, 0.3) is 5.91 Å². The molecule has 5 nitrogen and oxygen atoms in total. The standard InChI is InChI=1S/C27H30FN3O2/c1-4-5-26(32)29-14-16-30(17-15-29)27(33)24-18-25(21-8-10-22(28)11-9-21)31(20(24)3)23-12-6-19(2)7-13-23/h6-13,18H,4-5,14-17H2,1-3H3. The maximum Gasteiger partial charge on any atom is 0.255 e. The maximum absolute atomic E-state index is 13.6. The molecule has 0 unspecified atom stereocenters. The molecule has 0 saturated carbocycles. The number of carbonyl (C=O) groups excluding carboxylic acids is 2. The number of halogens is 1. The van der Waals surface area contributed by atoms with Crippen LogP contribution in [-0.2, 0) is 4.79 Å². The number of rotatable bonds is 5. The molecule has 4 rings (SSSR count). The SMILES string of the molecule is CCCC(=O)N1CCN(C(=O)c2cc(-c3ccc(F)cc3)n(-c3ccc(C)cc3)c2C)CC1. The normalized spacial score (nSPS) is 13.9. The third-order valence-electron chi connectivity index (χ3n) is 6.29. The highest BCUT2D eigenvalue weighted by Crippen LogP contribution is 2.31. The Hall–Kier alpha value is -3.41. The van der Waals surface area contributed by atoms with Crippen molar-refractivity contribution in [3.63, 3.8) is 0 Å². The van der Waals surface area contributed by atoms with E-state index in [0.717, 1.165) is 34.6 Å². The van der Waals surface area contributed by atoms with Crippen LogP contribution in [0.3, 0.4) is 0 Å². The molecule has 2 aromatic carbocycles. The second-order valence-electron chi connectivity index (χ2n) is 8.63. The smallest absolute Gasteiger partial charge is 0.255 e. The first-order chi connectivity index (χ1) is 15.9. The Labute approximate surface area is 194 Å². The van der Waals surface area contributed by atoms with E-state index in [1.807, 2.05) is 60.9 Å². The topological polar surface area (TPSA) is 45.6 Å². The van der Waals surface area contributed by atoms with Crippen LogP contribution in [0.5, 0.6) is 0 Å². The zero-order valence-electron chi connectivity index (χ0n) is 19.5. The lowest BCUT2D eigenvalue weighted by molar-refractivity contribution is -0.132. The lowest BCUT2D eigenvalue weighted by atomic mass is 10.1. The summed E-state index contributed by atoms with van der Waals surface area (Å²) in [5, 5.41) is 0. The quantitative estimate of drug-likeness (QED) is 0.554. The molecule has 2 amide bonds. The minimum Gasteiger partial charge on any atom is -0.339 e. The van der Waals surface area contributed by atoms with Crippen LogP contribution in [0, 0.1) is 19.7 Å². The van der Waals surface area contributed by atoms with Gasteiger partial charge in [0.1, 0.15) is 5.82 Å². The number of benzene rings is 2. The fraction of sp³-hybridized carbons (Fsp3) is 0.333. The molecule has 0 radical (unpaired) electrons. The molecular weight excluding hydrogens is 417 g/mol. The van der Waals surface area contributed by atoms with Crippen LogP contribution >= 0.6 is 0 Å². The minimum atomic E-state index is -0.296. The van der Waals surface area contributed by atoms with E-state index >= 15 is 0 Å². The fourth-order valence-corrected chi connectivity index (χ4v) is 4.38. The molecule has 33 heavy (non-hydrogen) atoms. The van der Waals surface area contributed by atoms with Crippen molar-refractivity contribution in [2.45, 2.75) is 33.6 Å². The van der Waals surface area contributed by atoms with E-state index in [0.29, 0.717) is 38.2 Å². The summed E-state index contributed by atoms with van der Waals surface area (Å²) in [7, 11) is 0. The third-order valence-corrected chi connectivity index (χ3v) is 6.29. The molecular formula is C27H30FN3O2. The number of hydrogen-bond acceptors (Lipinski definition) is 2. The molecule has 0 aliphatic carbocycles. The van der Waals surface area contributed by atoms with Crippen molar-refractivity contribution in [1.29, 1.82) is 0 Å². The summed E-state index contributed by atoms with van der Waals surface area (Å²) in [6, 6.07) is 16.4. The van der Waals surface area contributed by atoms with Gasteiger partial charge in [-0.2, -0.15) is 0 Å². The predicted octanol–water partition coefficient (Wildman–Crippen LogP) is 4.98. The van der Waals surface area contributed by atoms with Crippen molar-refractivity contribution in [2.24, 2.45) is 0 Å². The number of hydrogen-bond donors (Lipinski definition) is 0. The number of aromatic nitrogens is 1. The van der Waals surface area contributed by atoms with Crippen molar-refractivity contribution >= 4 is 11.8 Å². The summed E-state index contributed by atoms with van der Waals surface area (Å²) >= 11 is 0. The Morgan fingerprint density at radius 2 is 1.48 bits per heavy atom. The average molecular weight is 448 g/mol. The lowest BCUT2D eigenvalue weighted by Gasteiger charge is -2.34. The van der Waals surface area contributed by atoms with Gasteiger partial charge in [0.2, 0.25) is 5.91 Å². The number of piperazine rings is 1. The molecule has 0 spiro atoms. The molecule has 0 bridgehead atoms. The van der Waals surface area contributed by atoms with Gasteiger partial charge in [-0.05, 0) is 68.3 Å². The zero-order chi connectivity index (χ0) is 23.5. The van der Waals surface area contributed by atoms with Gasteiger partial charge in [-0.15, -0.1) is 0 Å². The van der Waals surface area contributed by atoms with Gasteiger partial charge in [0.05, 0.1) is 11.3 Å². The second kappa shape index (κ2) is 9.61. The molecule has 0 atom stereocenters. The molecule has 1 aliphatic heterocycles. The first-order valence-corrected chi connectivity index (χ1v) is 11.5. The Kier molecular flexibility index (Phi) is 6.63. The van der Waals surface area contributed by atoms with E-state index in [2.05, 4.69) is 4.57 Å². The second-order valence-corrected chi connectivity index (χ2v) is 8.63. The number of amides is 2. The summed E-state index contributed by atoms with van der Waals surface area (Å²) in [4.78, 5) is 29.4. The van der Waals surface area contributed by atoms with Crippen LogP contribution in [-0.4, -0.2) is 52.4 Å². The largest absolute Gasteiger partial charge is 0.339 e. The molecule has 1 aromatic heterocycles. The molecule has 3 aromatic rings. The summed E-state index contributed by atoms with van der Waals surface area (Å²) in [6.07, 6.45) is 1.38. The number of nitrogens with zero attached hydrogens (tertiary/aromatic N) is 3. The summed E-state index contributed by atoms with van der Waals surface area (Å²) in [5.74, 6) is -0.176. The predicted molar refractivity (Wildman–Crippen MR) is 128 cm³/mol. The van der Waals surface area contributed by atoms with Crippen molar-refractivity contribution in [1.82, 2.24) is 14.4 Å². The highest BCUT2D eigenvalue weighted by molar-refractivity contribution is 5.97. The van der Waals surface area contributed by atoms with Crippen LogP contribution in [0.1, 0.15) is 41.4 Å². The third kappa shape index (κ3) is 4.70. The van der Waals surface area contributed by atoms with E-state index in [-0.39, 0.29) is 17.6 Å². The highest BCUT2D eigenvalue weighted by Gasteiger charge is 2.27. The Morgan fingerprint density at radius 1 is 0.879 bits per heavy atom. The number of carbonyl (C=O) groups is 2. The van der Waals surface area contributed by atoms with Crippen LogP contribution < -0.4 is 0 Å². The van der Waals surface area contributed by atoms with Crippen molar-refractivity contribution in [3.05, 3.63) is 77.2 Å². The van der Waals surface area contributed by atoms with Gasteiger partial charge in [-0.25, -0.2) is 4.39 Å². The van der Waals surface area contributed by atoms with Crippen LogP contribution in [0.4, 0.5) is 4.39 Å². The Balaban J connectivity index is 1.67. The van der Waals surface area contributed by atoms with Crippen LogP contribution in [0.25, 0.3) is 16.9 Å². The summed E-state index contributed by atoms with van der Waals surface area (Å²) in [5.41, 5.74) is 5.26. The van der Waals surface area contributed by atoms with Crippen LogP contribution in [0.15, 0.2) is 54.6 Å². The van der Waals surface area contributed by atoms with E-state index in [4.69, 9.17) is 0 Å². The summed E-state index contributed by atoms with van der Waals surface area (Å²) < 4.78 is 15.6. The van der Waals surface area contributed by atoms with Crippen molar-refractivity contribution in [2.75, 3.05) is 26.2 Å². The van der Waals surface area contributed by atoms with Crippen molar-refractivity contribution < 1.29 is 14.0 Å². The number of aryl methyl sites for hydroxylation is 1. The van der Waals surface area contributed by atoms with E-state index in [9.17, 15) is 14.0 Å². The molecule has 0 N–H and O–H groups in total. The van der Waals surface area contributed by atoms with Crippen molar-refractivity contribution in [3.8, 4) is 16.9 Å². The molecule has 1 saturated heterocycles. The van der Waals surface area contributed by atoms with Gasteiger partial charge in [-0.1, -0.05) is 24.6 Å². The van der Waals surface area contributed by atoms with Gasteiger partial charge >= 0.3 is 0 Å². The molecule has 2 heterocycles. The van der Waals surface area contributed by atoms with Gasteiger partial charge in [0.15, 0.2) is 0 Å². The van der Waals surface area contributed by atoms with E-state index < -0.39 is 0 Å². The van der Waals surface area contributed by atoms with Crippen LogP contribution in [0.2, 0.25) is 0 Å². The highest BCUT2D eigenvalue weighted by atomic mass is 19.1. The average Bonchev–Trinajstić information content (AvgIpc) is 3.17. The van der Waals surface area contributed by atoms with Gasteiger partial charge in [-0.3, -0.25) is 9.59 Å².